The maximum absolute atomic E-state index is 10.0. The molecule has 0 aliphatic heterocycles. The first-order chi connectivity index (χ1) is 5.77. The minimum absolute atomic E-state index is 0.0139. The van der Waals surface area contributed by atoms with Crippen molar-refractivity contribution in [1.82, 2.24) is 5.32 Å². The van der Waals surface area contributed by atoms with Crippen molar-refractivity contribution >= 4 is 5.97 Å². The molecule has 0 spiro atoms. The molecule has 5 heteroatoms. The standard InChI is InChI=1S/C7H15NO4/c9-3-5-12-4-1-2-8-6-7(10)11/h8-9H,1-6H2,(H,10,11). The van der Waals surface area contributed by atoms with Gasteiger partial charge in [-0.1, -0.05) is 0 Å². The molecule has 0 heterocycles. The van der Waals surface area contributed by atoms with E-state index < -0.39 is 5.97 Å². The zero-order valence-electron chi connectivity index (χ0n) is 6.95. The van der Waals surface area contributed by atoms with Crippen LogP contribution in [0.4, 0.5) is 0 Å². The maximum Gasteiger partial charge on any atom is 0.317 e. The number of carboxylic acid groups (broad SMARTS) is 1. The number of aliphatic hydroxyl groups excluding tert-OH is 1. The molecule has 0 amide bonds. The van der Waals surface area contributed by atoms with Crippen LogP contribution in [0, 0.1) is 0 Å². The molecule has 0 aromatic heterocycles. The molecule has 0 bridgehead atoms. The number of carboxylic acids is 1. The molecule has 72 valence electrons. The minimum atomic E-state index is -0.855. The average molecular weight is 177 g/mol. The number of carbonyl (C=O) groups is 1. The lowest BCUT2D eigenvalue weighted by atomic mass is 10.4. The summed E-state index contributed by atoms with van der Waals surface area (Å²) in [7, 11) is 0. The van der Waals surface area contributed by atoms with Gasteiger partial charge in [0.25, 0.3) is 0 Å². The monoisotopic (exact) mass is 177 g/mol. The molecule has 0 unspecified atom stereocenters. The largest absolute Gasteiger partial charge is 0.480 e. The van der Waals surface area contributed by atoms with E-state index >= 15 is 0 Å². The Morgan fingerprint density at radius 2 is 2.17 bits per heavy atom. The number of aliphatic carboxylic acids is 1. The van der Waals surface area contributed by atoms with E-state index in [2.05, 4.69) is 5.32 Å². The third-order valence-electron chi connectivity index (χ3n) is 1.15. The highest BCUT2D eigenvalue weighted by molar-refractivity contribution is 5.68. The van der Waals surface area contributed by atoms with Crippen LogP contribution in [-0.4, -0.2) is 49.1 Å². The van der Waals surface area contributed by atoms with Gasteiger partial charge in [-0.15, -0.1) is 0 Å². The molecule has 5 nitrogen and oxygen atoms in total. The van der Waals surface area contributed by atoms with Crippen molar-refractivity contribution in [2.75, 3.05) is 32.9 Å². The first-order valence-corrected chi connectivity index (χ1v) is 3.88. The van der Waals surface area contributed by atoms with Crippen molar-refractivity contribution in [3.05, 3.63) is 0 Å². The lowest BCUT2D eigenvalue weighted by molar-refractivity contribution is -0.135. The summed E-state index contributed by atoms with van der Waals surface area (Å²) in [5.74, 6) is -0.855. The molecule has 0 aliphatic carbocycles. The Morgan fingerprint density at radius 1 is 1.42 bits per heavy atom. The number of hydrogen-bond acceptors (Lipinski definition) is 4. The van der Waals surface area contributed by atoms with Crippen LogP contribution < -0.4 is 5.32 Å². The van der Waals surface area contributed by atoms with Crippen LogP contribution in [0.2, 0.25) is 0 Å². The molecular formula is C7H15NO4. The minimum Gasteiger partial charge on any atom is -0.480 e. The summed E-state index contributed by atoms with van der Waals surface area (Å²) in [6.45, 7) is 1.53. The lowest BCUT2D eigenvalue weighted by Gasteiger charge is -2.02. The van der Waals surface area contributed by atoms with Crippen molar-refractivity contribution in [3.63, 3.8) is 0 Å². The number of ether oxygens (including phenoxy) is 1. The zero-order valence-corrected chi connectivity index (χ0v) is 6.95. The van der Waals surface area contributed by atoms with Crippen LogP contribution >= 0.6 is 0 Å². The number of rotatable bonds is 8. The van der Waals surface area contributed by atoms with Gasteiger partial charge in [0.1, 0.15) is 0 Å². The van der Waals surface area contributed by atoms with Gasteiger partial charge in [0.2, 0.25) is 0 Å². The van der Waals surface area contributed by atoms with Crippen LogP contribution in [0.15, 0.2) is 0 Å². The normalized spacial score (nSPS) is 10.1. The van der Waals surface area contributed by atoms with Crippen molar-refractivity contribution < 1.29 is 19.7 Å². The van der Waals surface area contributed by atoms with Gasteiger partial charge < -0.3 is 20.3 Å². The molecule has 0 saturated heterocycles. The van der Waals surface area contributed by atoms with E-state index in [-0.39, 0.29) is 13.2 Å². The Morgan fingerprint density at radius 3 is 2.75 bits per heavy atom. The van der Waals surface area contributed by atoms with Crippen LogP contribution in [0.3, 0.4) is 0 Å². The quantitative estimate of drug-likeness (QED) is 0.417. The third-order valence-corrected chi connectivity index (χ3v) is 1.15. The number of nitrogens with one attached hydrogen (secondary N) is 1. The van der Waals surface area contributed by atoms with Crippen molar-refractivity contribution in [3.8, 4) is 0 Å². The summed E-state index contributed by atoms with van der Waals surface area (Å²) in [6, 6.07) is 0. The molecule has 0 radical (unpaired) electrons. The first kappa shape index (κ1) is 11.4. The zero-order chi connectivity index (χ0) is 9.23. The van der Waals surface area contributed by atoms with Gasteiger partial charge in [-0.25, -0.2) is 0 Å². The fraction of sp³-hybridized carbons (Fsp3) is 0.857. The Labute approximate surface area is 71.3 Å². The molecule has 3 N–H and O–H groups in total. The van der Waals surface area contributed by atoms with Crippen LogP contribution in [0.25, 0.3) is 0 Å². The highest BCUT2D eigenvalue weighted by Crippen LogP contribution is 1.79. The van der Waals surface area contributed by atoms with Gasteiger partial charge in [0.05, 0.1) is 19.8 Å². The van der Waals surface area contributed by atoms with E-state index in [1.807, 2.05) is 0 Å². The van der Waals surface area contributed by atoms with E-state index in [9.17, 15) is 4.79 Å². The second-order valence-corrected chi connectivity index (χ2v) is 2.26. The fourth-order valence-corrected chi connectivity index (χ4v) is 0.661. The topological polar surface area (TPSA) is 78.8 Å². The third kappa shape index (κ3) is 9.35. The molecule has 0 saturated carbocycles. The van der Waals surface area contributed by atoms with Crippen molar-refractivity contribution in [2.45, 2.75) is 6.42 Å². The van der Waals surface area contributed by atoms with Crippen LogP contribution in [0.1, 0.15) is 6.42 Å². The summed E-state index contributed by atoms with van der Waals surface area (Å²) in [4.78, 5) is 10.0. The van der Waals surface area contributed by atoms with E-state index in [1.165, 1.54) is 0 Å². The SMILES string of the molecule is O=C(O)CNCCCOCCO. The predicted molar refractivity (Wildman–Crippen MR) is 43.0 cm³/mol. The summed E-state index contributed by atoms with van der Waals surface area (Å²) < 4.78 is 4.95. The summed E-state index contributed by atoms with van der Waals surface area (Å²) >= 11 is 0. The second kappa shape index (κ2) is 8.45. The van der Waals surface area contributed by atoms with E-state index in [1.54, 1.807) is 0 Å². The lowest BCUT2D eigenvalue weighted by Crippen LogP contribution is -2.24. The molecule has 0 rings (SSSR count). The smallest absolute Gasteiger partial charge is 0.317 e. The predicted octanol–water partition coefficient (Wildman–Crippen LogP) is -0.940. The van der Waals surface area contributed by atoms with Gasteiger partial charge >= 0.3 is 5.97 Å². The first-order valence-electron chi connectivity index (χ1n) is 3.88. The molecule has 0 aliphatic rings. The second-order valence-electron chi connectivity index (χ2n) is 2.26. The number of hydrogen-bond donors (Lipinski definition) is 3. The fourth-order valence-electron chi connectivity index (χ4n) is 0.661. The van der Waals surface area contributed by atoms with E-state index in [4.69, 9.17) is 14.9 Å². The summed E-state index contributed by atoms with van der Waals surface area (Å²) in [6.07, 6.45) is 0.757. The Balaban J connectivity index is 2.86. The van der Waals surface area contributed by atoms with Crippen LogP contribution in [-0.2, 0) is 9.53 Å². The highest BCUT2D eigenvalue weighted by Gasteiger charge is 1.93. The van der Waals surface area contributed by atoms with Crippen LogP contribution in [0.5, 0.6) is 0 Å². The average Bonchev–Trinajstić information content (AvgIpc) is 2.02. The summed E-state index contributed by atoms with van der Waals surface area (Å²) in [5, 5.41) is 19.3. The Kier molecular flexibility index (Phi) is 7.99. The Bertz CT molecular complexity index is 118. The van der Waals surface area contributed by atoms with Gasteiger partial charge in [0, 0.05) is 6.61 Å². The molecule has 12 heavy (non-hydrogen) atoms. The van der Waals surface area contributed by atoms with Crippen molar-refractivity contribution in [2.24, 2.45) is 0 Å². The highest BCUT2D eigenvalue weighted by atomic mass is 16.5. The van der Waals surface area contributed by atoms with Gasteiger partial charge in [-0.2, -0.15) is 0 Å². The molecule has 0 atom stereocenters. The van der Waals surface area contributed by atoms with Gasteiger partial charge in [0.15, 0.2) is 0 Å². The van der Waals surface area contributed by atoms with Crippen molar-refractivity contribution in [1.29, 1.82) is 0 Å². The van der Waals surface area contributed by atoms with E-state index in [0.717, 1.165) is 6.42 Å². The molecule has 0 aromatic carbocycles. The molecule has 0 aromatic rings. The van der Waals surface area contributed by atoms with Gasteiger partial charge in [-0.3, -0.25) is 4.79 Å². The number of aliphatic hydroxyl groups is 1. The maximum atomic E-state index is 10.0. The Hall–Kier alpha value is -0.650. The summed E-state index contributed by atoms with van der Waals surface area (Å²) in [5.41, 5.74) is 0. The van der Waals surface area contributed by atoms with Gasteiger partial charge in [-0.05, 0) is 13.0 Å². The van der Waals surface area contributed by atoms with E-state index in [0.29, 0.717) is 19.8 Å². The molecular weight excluding hydrogens is 162 g/mol. The molecule has 0 fully saturated rings.